The topological polar surface area (TPSA) is 34.9 Å². The molecule has 0 radical (unpaired) electrons. The van der Waals surface area contributed by atoms with Crippen LogP contribution in [0, 0.1) is 17.8 Å². The summed E-state index contributed by atoms with van der Waals surface area (Å²) in [6, 6.07) is 15.6. The maximum atomic E-state index is 13.4. The lowest BCUT2D eigenvalue weighted by Crippen LogP contribution is -2.24. The minimum absolute atomic E-state index is 0.0309. The first kappa shape index (κ1) is 17.5. The van der Waals surface area contributed by atoms with E-state index in [1.54, 1.807) is 4.57 Å². The highest BCUT2D eigenvalue weighted by Crippen LogP contribution is 2.23. The molecule has 0 saturated heterocycles. The molecule has 0 aliphatic heterocycles. The summed E-state index contributed by atoms with van der Waals surface area (Å²) < 4.78 is 1.73. The molecular weight excluding hydrogens is 332 g/mol. The number of aryl methyl sites for hydroxylation is 1. The number of rotatable bonds is 2. The molecule has 1 saturated carbocycles. The van der Waals surface area contributed by atoms with Crippen molar-refractivity contribution in [2.75, 3.05) is 0 Å². The monoisotopic (exact) mass is 356 g/mol. The van der Waals surface area contributed by atoms with E-state index in [4.69, 9.17) is 4.98 Å². The summed E-state index contributed by atoms with van der Waals surface area (Å²) in [7, 11) is 0. The van der Waals surface area contributed by atoms with E-state index < -0.39 is 0 Å². The fourth-order valence-corrected chi connectivity index (χ4v) is 3.89. The first-order valence-corrected chi connectivity index (χ1v) is 9.89. The lowest BCUT2D eigenvalue weighted by atomic mass is 9.89. The van der Waals surface area contributed by atoms with Gasteiger partial charge in [-0.15, -0.1) is 0 Å². The van der Waals surface area contributed by atoms with Crippen LogP contribution in [0.25, 0.3) is 16.6 Å². The van der Waals surface area contributed by atoms with E-state index in [1.165, 1.54) is 32.1 Å². The predicted molar refractivity (Wildman–Crippen MR) is 110 cm³/mol. The van der Waals surface area contributed by atoms with Crippen LogP contribution in [-0.4, -0.2) is 9.55 Å². The van der Waals surface area contributed by atoms with Gasteiger partial charge in [0.25, 0.3) is 5.56 Å². The molecule has 3 nitrogen and oxygen atoms in total. The lowest BCUT2D eigenvalue weighted by Gasteiger charge is -2.15. The second-order valence-electron chi connectivity index (χ2n) is 7.16. The average molecular weight is 356 g/mol. The van der Waals surface area contributed by atoms with Crippen LogP contribution in [0.1, 0.15) is 50.4 Å². The van der Waals surface area contributed by atoms with Gasteiger partial charge in [-0.25, -0.2) is 4.98 Å². The van der Waals surface area contributed by atoms with E-state index >= 15 is 0 Å². The Morgan fingerprint density at radius 1 is 1.04 bits per heavy atom. The molecule has 0 unspecified atom stereocenters. The zero-order chi connectivity index (χ0) is 18.6. The van der Waals surface area contributed by atoms with Gasteiger partial charge < -0.3 is 0 Å². The molecule has 0 spiro atoms. The Balaban J connectivity index is 1.89. The summed E-state index contributed by atoms with van der Waals surface area (Å²) in [6.07, 6.45) is 6.87. The standard InChI is InChI=1S/C24H24N2O/c1-2-22-25-21-15-9-12-19(17-16-18-10-5-3-6-11-18)23(21)24(27)26(22)20-13-7-4-8-14-20/h4,7-9,12-15,18H,2-3,5-6,10-11H2,1H3. The molecular formula is C24H24N2O. The normalized spacial score (nSPS) is 14.7. The van der Waals surface area contributed by atoms with Crippen molar-refractivity contribution in [3.8, 4) is 17.5 Å². The van der Waals surface area contributed by atoms with Gasteiger partial charge in [0.05, 0.1) is 16.6 Å². The molecule has 0 bridgehead atoms. The van der Waals surface area contributed by atoms with Crippen molar-refractivity contribution in [3.05, 3.63) is 70.3 Å². The van der Waals surface area contributed by atoms with E-state index in [-0.39, 0.29) is 5.56 Å². The molecule has 27 heavy (non-hydrogen) atoms. The predicted octanol–water partition coefficient (Wildman–Crippen LogP) is 4.88. The van der Waals surface area contributed by atoms with E-state index in [9.17, 15) is 4.79 Å². The van der Waals surface area contributed by atoms with Gasteiger partial charge in [-0.2, -0.15) is 0 Å². The third kappa shape index (κ3) is 3.53. The zero-order valence-electron chi connectivity index (χ0n) is 15.7. The Bertz CT molecular complexity index is 1060. The fourth-order valence-electron chi connectivity index (χ4n) is 3.89. The third-order valence-corrected chi connectivity index (χ3v) is 5.31. The van der Waals surface area contributed by atoms with Crippen molar-refractivity contribution in [1.29, 1.82) is 0 Å². The first-order valence-electron chi connectivity index (χ1n) is 9.89. The second kappa shape index (κ2) is 7.80. The number of nitrogens with zero attached hydrogens (tertiary/aromatic N) is 2. The van der Waals surface area contributed by atoms with E-state index in [0.717, 1.165) is 22.6 Å². The van der Waals surface area contributed by atoms with E-state index in [1.807, 2.05) is 55.5 Å². The van der Waals surface area contributed by atoms with Crippen LogP contribution in [0.4, 0.5) is 0 Å². The molecule has 2 aromatic carbocycles. The minimum atomic E-state index is -0.0309. The van der Waals surface area contributed by atoms with Crippen molar-refractivity contribution < 1.29 is 0 Å². The molecule has 1 fully saturated rings. The Hall–Kier alpha value is -2.86. The largest absolute Gasteiger partial charge is 0.268 e. The van der Waals surface area contributed by atoms with Crippen molar-refractivity contribution in [2.24, 2.45) is 5.92 Å². The van der Waals surface area contributed by atoms with Crippen molar-refractivity contribution in [1.82, 2.24) is 9.55 Å². The molecule has 136 valence electrons. The molecule has 4 rings (SSSR count). The molecule has 0 N–H and O–H groups in total. The number of para-hydroxylation sites is 1. The van der Waals surface area contributed by atoms with Crippen LogP contribution in [0.2, 0.25) is 0 Å². The Kier molecular flexibility index (Phi) is 5.07. The Labute approximate surface area is 160 Å². The minimum Gasteiger partial charge on any atom is -0.268 e. The summed E-state index contributed by atoms with van der Waals surface area (Å²) in [5, 5.41) is 0.627. The van der Waals surface area contributed by atoms with Gasteiger partial charge in [0.2, 0.25) is 0 Å². The Morgan fingerprint density at radius 3 is 2.56 bits per heavy atom. The highest BCUT2D eigenvalue weighted by Gasteiger charge is 2.14. The molecule has 1 aromatic heterocycles. The number of hydrogen-bond acceptors (Lipinski definition) is 2. The van der Waals surface area contributed by atoms with Gasteiger partial charge >= 0.3 is 0 Å². The SMILES string of the molecule is CCc1nc2cccc(C#CC3CCCCC3)c2c(=O)n1-c1ccccc1. The second-order valence-corrected chi connectivity index (χ2v) is 7.16. The summed E-state index contributed by atoms with van der Waals surface area (Å²) in [5.74, 6) is 7.96. The zero-order valence-corrected chi connectivity index (χ0v) is 15.7. The molecule has 0 atom stereocenters. The van der Waals surface area contributed by atoms with Gasteiger partial charge in [0.1, 0.15) is 5.82 Å². The first-order chi connectivity index (χ1) is 13.3. The maximum Gasteiger partial charge on any atom is 0.267 e. The molecule has 1 aliphatic carbocycles. The molecule has 1 heterocycles. The number of aromatic nitrogens is 2. The summed E-state index contributed by atoms with van der Waals surface area (Å²) in [5.41, 5.74) is 2.35. The summed E-state index contributed by atoms with van der Waals surface area (Å²) in [4.78, 5) is 18.2. The van der Waals surface area contributed by atoms with Gasteiger partial charge in [0, 0.05) is 17.9 Å². The van der Waals surface area contributed by atoms with Gasteiger partial charge in [0.15, 0.2) is 0 Å². The summed E-state index contributed by atoms with van der Waals surface area (Å²) in [6.45, 7) is 2.03. The Morgan fingerprint density at radius 2 is 1.81 bits per heavy atom. The van der Waals surface area contributed by atoms with Crippen molar-refractivity contribution >= 4 is 10.9 Å². The lowest BCUT2D eigenvalue weighted by molar-refractivity contribution is 0.430. The van der Waals surface area contributed by atoms with Crippen molar-refractivity contribution in [3.63, 3.8) is 0 Å². The quantitative estimate of drug-likeness (QED) is 0.613. The van der Waals surface area contributed by atoms with Crippen LogP contribution >= 0.6 is 0 Å². The maximum absolute atomic E-state index is 13.4. The van der Waals surface area contributed by atoms with Gasteiger partial charge in [-0.3, -0.25) is 9.36 Å². The van der Waals surface area contributed by atoms with Crippen LogP contribution in [0.3, 0.4) is 0 Å². The summed E-state index contributed by atoms with van der Waals surface area (Å²) >= 11 is 0. The molecule has 1 aliphatic rings. The van der Waals surface area contributed by atoms with Crippen LogP contribution in [-0.2, 0) is 6.42 Å². The number of benzene rings is 2. The van der Waals surface area contributed by atoms with Crippen molar-refractivity contribution in [2.45, 2.75) is 45.4 Å². The van der Waals surface area contributed by atoms with Crippen LogP contribution in [0.5, 0.6) is 0 Å². The van der Waals surface area contributed by atoms with Gasteiger partial charge in [-0.1, -0.05) is 62.3 Å². The van der Waals surface area contributed by atoms with E-state index in [2.05, 4.69) is 11.8 Å². The van der Waals surface area contributed by atoms with Crippen LogP contribution in [0.15, 0.2) is 53.3 Å². The molecule has 0 amide bonds. The number of fused-ring (bicyclic) bond motifs is 1. The van der Waals surface area contributed by atoms with Gasteiger partial charge in [-0.05, 0) is 37.1 Å². The molecule has 3 heteroatoms. The average Bonchev–Trinajstić information content (AvgIpc) is 2.73. The highest BCUT2D eigenvalue weighted by atomic mass is 16.1. The fraction of sp³-hybridized carbons (Fsp3) is 0.333. The van der Waals surface area contributed by atoms with Crippen LogP contribution < -0.4 is 5.56 Å². The molecule has 3 aromatic rings. The smallest absolute Gasteiger partial charge is 0.267 e. The third-order valence-electron chi connectivity index (χ3n) is 5.31. The highest BCUT2D eigenvalue weighted by molar-refractivity contribution is 5.84. The van der Waals surface area contributed by atoms with E-state index in [0.29, 0.717) is 17.7 Å². The number of hydrogen-bond donors (Lipinski definition) is 0.